The molecule has 0 amide bonds. The normalized spacial score (nSPS) is 10.4. The Labute approximate surface area is 104 Å². The average Bonchev–Trinajstić information content (AvgIpc) is 2.26. The first-order valence-electron chi connectivity index (χ1n) is 5.28. The highest BCUT2D eigenvalue weighted by Crippen LogP contribution is 2.15. The number of rotatable bonds is 7. The molecule has 0 aliphatic rings. The predicted octanol–water partition coefficient (Wildman–Crippen LogP) is 3.21. The summed E-state index contributed by atoms with van der Waals surface area (Å²) >= 11 is 3.16. The minimum Gasteiger partial charge on any atom is -0.385 e. The highest BCUT2D eigenvalue weighted by molar-refractivity contribution is 9.10. The van der Waals surface area contributed by atoms with Crippen LogP contribution >= 0.6 is 15.9 Å². The Morgan fingerprint density at radius 1 is 1.44 bits per heavy atom. The second-order valence-electron chi connectivity index (χ2n) is 3.46. The number of unbranched alkanes of at least 4 members (excludes halogenated alkanes) is 2. The van der Waals surface area contributed by atoms with Gasteiger partial charge in [-0.05, 0) is 41.3 Å². The number of halogens is 2. The molecule has 0 aliphatic heterocycles. The summed E-state index contributed by atoms with van der Waals surface area (Å²) in [5.74, 6) is -0.0128. The minimum atomic E-state index is -0.328. The molecule has 0 fully saturated rings. The highest BCUT2D eigenvalue weighted by Gasteiger charge is 2.02. The van der Waals surface area contributed by atoms with E-state index in [-0.39, 0.29) is 5.82 Å². The van der Waals surface area contributed by atoms with Gasteiger partial charge in [-0.3, -0.25) is 0 Å². The van der Waals surface area contributed by atoms with Crippen molar-refractivity contribution in [3.63, 3.8) is 0 Å². The van der Waals surface area contributed by atoms with E-state index in [1.54, 1.807) is 13.3 Å². The second kappa shape index (κ2) is 7.57. The topological polar surface area (TPSA) is 34.1 Å². The van der Waals surface area contributed by atoms with Gasteiger partial charge in [0.15, 0.2) is 11.6 Å². The minimum absolute atomic E-state index is 0.315. The van der Waals surface area contributed by atoms with E-state index in [0.717, 1.165) is 32.4 Å². The molecule has 1 N–H and O–H groups in total. The summed E-state index contributed by atoms with van der Waals surface area (Å²) in [5, 5.41) is 2.97. The number of ether oxygens (including phenoxy) is 1. The molecular weight excluding hydrogens is 275 g/mol. The maximum Gasteiger partial charge on any atom is 0.166 e. The van der Waals surface area contributed by atoms with Gasteiger partial charge in [0.2, 0.25) is 0 Å². The van der Waals surface area contributed by atoms with Crippen LogP contribution in [0.4, 0.5) is 10.2 Å². The smallest absolute Gasteiger partial charge is 0.166 e. The molecule has 0 unspecified atom stereocenters. The van der Waals surface area contributed by atoms with E-state index in [1.807, 2.05) is 0 Å². The van der Waals surface area contributed by atoms with E-state index in [1.165, 1.54) is 6.07 Å². The number of anilines is 1. The lowest BCUT2D eigenvalue weighted by Crippen LogP contribution is -2.05. The fraction of sp³-hybridized carbons (Fsp3) is 0.545. The lowest BCUT2D eigenvalue weighted by molar-refractivity contribution is 0.192. The molecule has 1 aromatic rings. The van der Waals surface area contributed by atoms with E-state index in [0.29, 0.717) is 10.3 Å². The van der Waals surface area contributed by atoms with Gasteiger partial charge < -0.3 is 10.1 Å². The molecule has 0 bridgehead atoms. The van der Waals surface area contributed by atoms with Gasteiger partial charge >= 0.3 is 0 Å². The summed E-state index contributed by atoms with van der Waals surface area (Å²) in [4.78, 5) is 3.95. The predicted molar refractivity (Wildman–Crippen MR) is 66.1 cm³/mol. The zero-order valence-corrected chi connectivity index (χ0v) is 10.9. The van der Waals surface area contributed by atoms with Crippen molar-refractivity contribution in [1.29, 1.82) is 0 Å². The Balaban J connectivity index is 2.21. The third-order valence-corrected chi connectivity index (χ3v) is 2.56. The number of aromatic nitrogens is 1. The maximum absolute atomic E-state index is 13.3. The van der Waals surface area contributed by atoms with E-state index in [2.05, 4.69) is 26.2 Å². The number of nitrogens with zero attached hydrogens (tertiary/aromatic N) is 1. The van der Waals surface area contributed by atoms with Crippen LogP contribution in [0.5, 0.6) is 0 Å². The van der Waals surface area contributed by atoms with Crippen molar-refractivity contribution in [2.75, 3.05) is 25.6 Å². The molecule has 0 saturated heterocycles. The summed E-state index contributed by atoms with van der Waals surface area (Å²) in [7, 11) is 1.69. The van der Waals surface area contributed by atoms with E-state index in [4.69, 9.17) is 4.74 Å². The molecule has 0 aliphatic carbocycles. The van der Waals surface area contributed by atoms with Crippen molar-refractivity contribution in [2.24, 2.45) is 0 Å². The van der Waals surface area contributed by atoms with Crippen molar-refractivity contribution in [3.8, 4) is 0 Å². The summed E-state index contributed by atoms with van der Waals surface area (Å²) in [6, 6.07) is 1.40. The number of methoxy groups -OCH3 is 1. The molecule has 5 heteroatoms. The molecule has 0 atom stereocenters. The summed E-state index contributed by atoms with van der Waals surface area (Å²) in [6.07, 6.45) is 4.67. The first kappa shape index (κ1) is 13.4. The SMILES string of the molecule is COCCCCCNc1ncc(Br)cc1F. The van der Waals surface area contributed by atoms with Crippen LogP contribution in [0.25, 0.3) is 0 Å². The van der Waals surface area contributed by atoms with Gasteiger partial charge in [-0.15, -0.1) is 0 Å². The largest absolute Gasteiger partial charge is 0.385 e. The molecule has 1 rings (SSSR count). The number of pyridine rings is 1. The van der Waals surface area contributed by atoms with Crippen LogP contribution in [0.1, 0.15) is 19.3 Å². The van der Waals surface area contributed by atoms with Crippen molar-refractivity contribution < 1.29 is 9.13 Å². The van der Waals surface area contributed by atoms with Crippen molar-refractivity contribution in [2.45, 2.75) is 19.3 Å². The Bertz CT molecular complexity index is 323. The van der Waals surface area contributed by atoms with Crippen LogP contribution < -0.4 is 5.32 Å². The van der Waals surface area contributed by atoms with Crippen molar-refractivity contribution in [1.82, 2.24) is 4.98 Å². The van der Waals surface area contributed by atoms with Gasteiger partial charge in [0.05, 0.1) is 0 Å². The number of hydrogen-bond acceptors (Lipinski definition) is 3. The van der Waals surface area contributed by atoms with Crippen LogP contribution in [0.3, 0.4) is 0 Å². The molecule has 1 aromatic heterocycles. The number of nitrogens with one attached hydrogen (secondary N) is 1. The highest BCUT2D eigenvalue weighted by atomic mass is 79.9. The Hall–Kier alpha value is -0.680. The summed E-state index contributed by atoms with van der Waals surface area (Å²) in [5.41, 5.74) is 0. The summed E-state index contributed by atoms with van der Waals surface area (Å²) < 4.78 is 18.9. The lowest BCUT2D eigenvalue weighted by atomic mass is 10.2. The first-order valence-corrected chi connectivity index (χ1v) is 6.07. The third-order valence-electron chi connectivity index (χ3n) is 2.13. The Kier molecular flexibility index (Phi) is 6.33. The monoisotopic (exact) mass is 290 g/mol. The van der Waals surface area contributed by atoms with Crippen LogP contribution in [0, 0.1) is 5.82 Å². The quantitative estimate of drug-likeness (QED) is 0.783. The molecule has 1 heterocycles. The van der Waals surface area contributed by atoms with Gasteiger partial charge in [-0.25, -0.2) is 9.37 Å². The Morgan fingerprint density at radius 3 is 2.94 bits per heavy atom. The van der Waals surface area contributed by atoms with E-state index >= 15 is 0 Å². The van der Waals surface area contributed by atoms with Gasteiger partial charge in [-0.1, -0.05) is 0 Å². The van der Waals surface area contributed by atoms with Crippen molar-refractivity contribution in [3.05, 3.63) is 22.6 Å². The van der Waals surface area contributed by atoms with Crippen LogP contribution in [-0.2, 0) is 4.74 Å². The van der Waals surface area contributed by atoms with E-state index < -0.39 is 0 Å². The number of hydrogen-bond donors (Lipinski definition) is 1. The molecule has 0 saturated carbocycles. The summed E-state index contributed by atoms with van der Waals surface area (Å²) in [6.45, 7) is 1.51. The molecule has 0 spiro atoms. The van der Waals surface area contributed by atoms with Crippen LogP contribution in [-0.4, -0.2) is 25.2 Å². The zero-order chi connectivity index (χ0) is 11.8. The van der Waals surface area contributed by atoms with Crippen LogP contribution in [0.2, 0.25) is 0 Å². The molecule has 0 radical (unpaired) electrons. The average molecular weight is 291 g/mol. The molecule has 3 nitrogen and oxygen atoms in total. The Morgan fingerprint density at radius 2 is 2.25 bits per heavy atom. The lowest BCUT2D eigenvalue weighted by Gasteiger charge is -2.06. The van der Waals surface area contributed by atoms with Gasteiger partial charge in [-0.2, -0.15) is 0 Å². The van der Waals surface area contributed by atoms with E-state index in [9.17, 15) is 4.39 Å². The van der Waals surface area contributed by atoms with Gasteiger partial charge in [0.1, 0.15) is 0 Å². The fourth-order valence-electron chi connectivity index (χ4n) is 1.30. The zero-order valence-electron chi connectivity index (χ0n) is 9.30. The molecular formula is C11H16BrFN2O. The second-order valence-corrected chi connectivity index (χ2v) is 4.38. The maximum atomic E-state index is 13.3. The standard InChI is InChI=1S/C11H16BrFN2O/c1-16-6-4-2-3-5-14-11-10(13)7-9(12)8-15-11/h7-8H,2-6H2,1H3,(H,14,15). The van der Waals surface area contributed by atoms with Crippen molar-refractivity contribution >= 4 is 21.7 Å². The molecule has 90 valence electrons. The molecule has 0 aromatic carbocycles. The fourth-order valence-corrected chi connectivity index (χ4v) is 1.60. The molecule has 16 heavy (non-hydrogen) atoms. The van der Waals surface area contributed by atoms with Gasteiger partial charge in [0, 0.05) is 30.9 Å². The third kappa shape index (κ3) is 4.90. The van der Waals surface area contributed by atoms with Crippen LogP contribution in [0.15, 0.2) is 16.7 Å². The first-order chi connectivity index (χ1) is 7.74. The van der Waals surface area contributed by atoms with Gasteiger partial charge in [0.25, 0.3) is 0 Å².